The van der Waals surface area contributed by atoms with E-state index in [9.17, 15) is 107 Å². The summed E-state index contributed by atoms with van der Waals surface area (Å²) in [5.74, 6) is -42.8. The van der Waals surface area contributed by atoms with Gasteiger partial charge in [0.15, 0.2) is 6.10 Å². The Hall–Kier alpha value is -2.73. The maximum absolute atomic E-state index is 13.5. The van der Waals surface area contributed by atoms with Crippen LogP contribution < -0.4 is 0 Å². The SMILES string of the molecule is CC(COCC(F)(F)C(F)(F)C(F)(F)F)OCC(CC(=O)OC(C)COCC(F)(F)C(F)(F)C(F)(F)F)C(O)C(=O)OC(C)COCC(F)(F)C(F)(F)C(F)(F)F. The molecule has 0 heterocycles. The van der Waals surface area contributed by atoms with Crippen molar-refractivity contribution in [1.82, 2.24) is 0 Å². The highest BCUT2D eigenvalue weighted by Crippen LogP contribution is 2.48. The number of rotatable bonds is 24. The third-order valence-electron chi connectivity index (χ3n) is 6.72. The Morgan fingerprint density at radius 2 is 0.772 bits per heavy atom. The van der Waals surface area contributed by atoms with E-state index in [0.717, 1.165) is 20.8 Å². The largest absolute Gasteiger partial charge is 0.460 e. The summed E-state index contributed by atoms with van der Waals surface area (Å²) < 4.78 is 296. The highest BCUT2D eigenvalue weighted by atomic mass is 19.4. The zero-order valence-corrected chi connectivity index (χ0v) is 28.7. The van der Waals surface area contributed by atoms with Crippen molar-refractivity contribution in [2.24, 2.45) is 5.92 Å². The van der Waals surface area contributed by atoms with Gasteiger partial charge in [0.1, 0.15) is 32.0 Å². The van der Waals surface area contributed by atoms with Gasteiger partial charge in [-0.15, -0.1) is 0 Å². The number of ether oxygens (including phenoxy) is 6. The molecular formula is C27H31F21O9. The van der Waals surface area contributed by atoms with E-state index in [1.54, 1.807) is 0 Å². The van der Waals surface area contributed by atoms with Gasteiger partial charge in [-0.25, -0.2) is 4.79 Å². The van der Waals surface area contributed by atoms with E-state index in [4.69, 9.17) is 4.74 Å². The number of aliphatic hydroxyl groups is 1. The smallest absolute Gasteiger partial charge is 0.459 e. The molecule has 0 bridgehead atoms. The third-order valence-corrected chi connectivity index (χ3v) is 6.72. The first-order chi connectivity index (χ1) is 25.2. The molecule has 30 heteroatoms. The average molecular weight is 898 g/mol. The molecular weight excluding hydrogens is 867 g/mol. The lowest BCUT2D eigenvalue weighted by molar-refractivity contribution is -0.362. The van der Waals surface area contributed by atoms with Crippen molar-refractivity contribution in [2.45, 2.75) is 106 Å². The van der Waals surface area contributed by atoms with Gasteiger partial charge in [0.25, 0.3) is 0 Å². The maximum atomic E-state index is 13.5. The minimum atomic E-state index is -6.73. The number of hydrogen-bond donors (Lipinski definition) is 1. The molecule has 0 aliphatic rings. The van der Waals surface area contributed by atoms with Gasteiger partial charge in [-0.05, 0) is 20.8 Å². The predicted molar refractivity (Wildman–Crippen MR) is 141 cm³/mol. The first kappa shape index (κ1) is 54.3. The summed E-state index contributed by atoms with van der Waals surface area (Å²) in [6, 6.07) is 0. The predicted octanol–water partition coefficient (Wildman–Crippen LogP) is 7.17. The van der Waals surface area contributed by atoms with Gasteiger partial charge < -0.3 is 33.5 Å². The second-order valence-electron chi connectivity index (χ2n) is 12.0. The van der Waals surface area contributed by atoms with Crippen LogP contribution in [0.4, 0.5) is 92.2 Å². The molecule has 0 amide bonds. The van der Waals surface area contributed by atoms with Crippen LogP contribution in [-0.4, -0.2) is 142 Å². The minimum Gasteiger partial charge on any atom is -0.460 e. The molecule has 0 aliphatic carbocycles. The Balaban J connectivity index is 5.71. The number of alkyl halides is 21. The average Bonchev–Trinajstić information content (AvgIpc) is 3.00. The quantitative estimate of drug-likeness (QED) is 0.0798. The monoisotopic (exact) mass is 898 g/mol. The zero-order valence-electron chi connectivity index (χ0n) is 28.7. The normalized spacial score (nSPS) is 17.1. The number of aliphatic hydroxyl groups excluding tert-OH is 1. The number of carbonyl (C=O) groups is 2. The summed E-state index contributed by atoms with van der Waals surface area (Å²) in [7, 11) is 0. The van der Waals surface area contributed by atoms with Gasteiger partial charge in [-0.1, -0.05) is 0 Å². The Morgan fingerprint density at radius 3 is 1.09 bits per heavy atom. The van der Waals surface area contributed by atoms with Crippen LogP contribution in [0.3, 0.4) is 0 Å². The molecule has 0 spiro atoms. The van der Waals surface area contributed by atoms with E-state index in [0.29, 0.717) is 0 Å². The summed E-state index contributed by atoms with van der Waals surface area (Å²) in [5.41, 5.74) is 0. The van der Waals surface area contributed by atoms with Crippen molar-refractivity contribution in [1.29, 1.82) is 0 Å². The summed E-state index contributed by atoms with van der Waals surface area (Å²) in [6.07, 6.45) is -29.4. The Bertz CT molecular complexity index is 1270. The molecule has 5 unspecified atom stereocenters. The van der Waals surface area contributed by atoms with E-state index in [2.05, 4.69) is 23.7 Å². The highest BCUT2D eigenvalue weighted by Gasteiger charge is 2.74. The topological polar surface area (TPSA) is 110 Å². The van der Waals surface area contributed by atoms with Crippen LogP contribution in [0.1, 0.15) is 27.2 Å². The van der Waals surface area contributed by atoms with E-state index >= 15 is 0 Å². The van der Waals surface area contributed by atoms with Crippen LogP contribution in [0, 0.1) is 5.92 Å². The van der Waals surface area contributed by atoms with Gasteiger partial charge in [0.05, 0.1) is 39.0 Å². The summed E-state index contributed by atoms with van der Waals surface area (Å²) in [4.78, 5) is 24.9. The van der Waals surface area contributed by atoms with Crippen molar-refractivity contribution in [3.8, 4) is 0 Å². The van der Waals surface area contributed by atoms with E-state index in [1.165, 1.54) is 0 Å². The zero-order chi connectivity index (χ0) is 45.4. The first-order valence-electron chi connectivity index (χ1n) is 15.1. The van der Waals surface area contributed by atoms with Gasteiger partial charge in [0.2, 0.25) is 0 Å². The molecule has 0 rings (SSSR count). The fourth-order valence-electron chi connectivity index (χ4n) is 3.57. The summed E-state index contributed by atoms with van der Waals surface area (Å²) >= 11 is 0. The molecule has 0 fully saturated rings. The second-order valence-corrected chi connectivity index (χ2v) is 12.0. The molecule has 0 saturated heterocycles. The van der Waals surface area contributed by atoms with Crippen molar-refractivity contribution in [2.75, 3.05) is 46.2 Å². The number of hydrogen-bond acceptors (Lipinski definition) is 9. The molecule has 0 radical (unpaired) electrons. The van der Waals surface area contributed by atoms with Crippen LogP contribution in [0.15, 0.2) is 0 Å². The molecule has 9 nitrogen and oxygen atoms in total. The molecule has 0 aromatic heterocycles. The number of halogens is 21. The molecule has 1 N–H and O–H groups in total. The van der Waals surface area contributed by atoms with E-state index < -0.39 is 149 Å². The van der Waals surface area contributed by atoms with Crippen LogP contribution in [0.5, 0.6) is 0 Å². The molecule has 0 aliphatic heterocycles. The van der Waals surface area contributed by atoms with E-state index in [-0.39, 0.29) is 0 Å². The van der Waals surface area contributed by atoms with Crippen LogP contribution in [0.2, 0.25) is 0 Å². The molecule has 0 aromatic carbocycles. The molecule has 0 saturated carbocycles. The van der Waals surface area contributed by atoms with Crippen molar-refractivity contribution >= 4 is 11.9 Å². The third kappa shape index (κ3) is 14.8. The molecule has 57 heavy (non-hydrogen) atoms. The van der Waals surface area contributed by atoms with Crippen LogP contribution >= 0.6 is 0 Å². The molecule has 5 atom stereocenters. The van der Waals surface area contributed by atoms with Gasteiger partial charge in [-0.2, -0.15) is 92.2 Å². The lowest BCUT2D eigenvalue weighted by atomic mass is 9.99. The minimum absolute atomic E-state index is 0.734. The molecule has 0 aromatic rings. The second kappa shape index (κ2) is 19.6. The van der Waals surface area contributed by atoms with Gasteiger partial charge >= 0.3 is 66.0 Å². The maximum Gasteiger partial charge on any atom is 0.459 e. The van der Waals surface area contributed by atoms with Crippen LogP contribution in [0.25, 0.3) is 0 Å². The summed E-state index contributed by atoms with van der Waals surface area (Å²) in [6.45, 7) is -10.4. The summed E-state index contributed by atoms with van der Waals surface area (Å²) in [5, 5.41) is 10.5. The highest BCUT2D eigenvalue weighted by molar-refractivity contribution is 5.77. The van der Waals surface area contributed by atoms with Crippen molar-refractivity contribution in [3.63, 3.8) is 0 Å². The lowest BCUT2D eigenvalue weighted by Gasteiger charge is -2.29. The lowest BCUT2D eigenvalue weighted by Crippen LogP contribution is -2.54. The Kier molecular flexibility index (Phi) is 18.6. The molecule has 340 valence electrons. The van der Waals surface area contributed by atoms with Gasteiger partial charge in [-0.3, -0.25) is 4.79 Å². The number of esters is 2. The van der Waals surface area contributed by atoms with Crippen molar-refractivity contribution in [3.05, 3.63) is 0 Å². The van der Waals surface area contributed by atoms with Crippen molar-refractivity contribution < 1.29 is 135 Å². The first-order valence-corrected chi connectivity index (χ1v) is 15.1. The number of carbonyl (C=O) groups excluding carboxylic acids is 2. The van der Waals surface area contributed by atoms with Crippen LogP contribution in [-0.2, 0) is 38.0 Å². The Labute approximate surface area is 306 Å². The standard InChI is InChI=1S/C27H31F21O9/c1-12(5-52-9-19(28,29)22(34,35)25(40,41)42)55-8-15(4-16(49)56-13(2)6-53-10-20(30,31)23(36,37)26(43,44)45)17(50)18(51)57-14(3)7-54-11-21(32,33)24(38,39)27(46,47)48/h12-15,17,50H,4-11H2,1-3H3. The fraction of sp³-hybridized carbons (Fsp3) is 0.926. The fourth-order valence-corrected chi connectivity index (χ4v) is 3.57. The van der Waals surface area contributed by atoms with E-state index in [1.807, 2.05) is 0 Å². The van der Waals surface area contributed by atoms with Gasteiger partial charge in [0, 0.05) is 5.92 Å². The Morgan fingerprint density at radius 1 is 0.474 bits per heavy atom.